The minimum atomic E-state index is 0.259. The SMILES string of the molecule is C[C@@H](OCCC[C@@H]1CCCCN1)c1cccs1. The number of rotatable bonds is 6. The second-order valence-corrected chi connectivity index (χ2v) is 5.80. The van der Waals surface area contributed by atoms with Crippen LogP contribution < -0.4 is 5.32 Å². The van der Waals surface area contributed by atoms with Crippen LogP contribution in [0.25, 0.3) is 0 Å². The third-order valence-electron chi connectivity index (χ3n) is 3.42. The lowest BCUT2D eigenvalue weighted by Crippen LogP contribution is -2.34. The van der Waals surface area contributed by atoms with Gasteiger partial charge in [0.15, 0.2) is 0 Å². The van der Waals surface area contributed by atoms with E-state index in [9.17, 15) is 0 Å². The van der Waals surface area contributed by atoms with Crippen LogP contribution in [0.5, 0.6) is 0 Å². The summed E-state index contributed by atoms with van der Waals surface area (Å²) in [5.74, 6) is 0. The van der Waals surface area contributed by atoms with Crippen LogP contribution in [0.2, 0.25) is 0 Å². The van der Waals surface area contributed by atoms with Gasteiger partial charge in [0.25, 0.3) is 0 Å². The van der Waals surface area contributed by atoms with E-state index in [0.29, 0.717) is 0 Å². The normalized spacial score (nSPS) is 22.5. The van der Waals surface area contributed by atoms with Gasteiger partial charge in [0.2, 0.25) is 0 Å². The first-order chi connectivity index (χ1) is 8.36. The van der Waals surface area contributed by atoms with Crippen molar-refractivity contribution >= 4 is 11.3 Å². The number of ether oxygens (including phenoxy) is 1. The van der Waals surface area contributed by atoms with Gasteiger partial charge >= 0.3 is 0 Å². The Bertz CT molecular complexity index is 293. The van der Waals surface area contributed by atoms with Crippen molar-refractivity contribution in [1.82, 2.24) is 5.32 Å². The molecule has 1 saturated heterocycles. The van der Waals surface area contributed by atoms with Gasteiger partial charge in [0.05, 0.1) is 6.10 Å². The predicted octanol–water partition coefficient (Wildman–Crippen LogP) is 3.75. The Kier molecular flexibility index (Phi) is 5.49. The van der Waals surface area contributed by atoms with E-state index in [4.69, 9.17) is 4.74 Å². The molecule has 2 rings (SSSR count). The molecule has 0 bridgehead atoms. The van der Waals surface area contributed by atoms with Crippen LogP contribution in [0, 0.1) is 0 Å². The summed E-state index contributed by atoms with van der Waals surface area (Å²) in [5, 5.41) is 5.69. The number of hydrogen-bond donors (Lipinski definition) is 1. The van der Waals surface area contributed by atoms with Crippen LogP contribution in [0.15, 0.2) is 17.5 Å². The van der Waals surface area contributed by atoms with Crippen molar-refractivity contribution in [1.29, 1.82) is 0 Å². The van der Waals surface area contributed by atoms with Crippen molar-refractivity contribution in [2.45, 2.75) is 51.2 Å². The van der Waals surface area contributed by atoms with Gasteiger partial charge in [-0.15, -0.1) is 11.3 Å². The number of hydrogen-bond acceptors (Lipinski definition) is 3. The van der Waals surface area contributed by atoms with Gasteiger partial charge in [-0.05, 0) is 50.6 Å². The first-order valence-corrected chi connectivity index (χ1v) is 7.62. The number of thiophene rings is 1. The summed E-state index contributed by atoms with van der Waals surface area (Å²) in [4.78, 5) is 1.33. The Morgan fingerprint density at radius 1 is 1.53 bits per heavy atom. The maximum atomic E-state index is 5.86. The highest BCUT2D eigenvalue weighted by atomic mass is 32.1. The Morgan fingerprint density at radius 3 is 3.18 bits per heavy atom. The summed E-state index contributed by atoms with van der Waals surface area (Å²) in [6.07, 6.45) is 6.78. The van der Waals surface area contributed by atoms with Crippen molar-refractivity contribution in [2.75, 3.05) is 13.2 Å². The number of nitrogens with one attached hydrogen (secondary N) is 1. The van der Waals surface area contributed by atoms with Crippen molar-refractivity contribution < 1.29 is 4.74 Å². The van der Waals surface area contributed by atoms with Crippen LogP contribution in [0.3, 0.4) is 0 Å². The molecule has 0 unspecified atom stereocenters. The largest absolute Gasteiger partial charge is 0.373 e. The predicted molar refractivity (Wildman–Crippen MR) is 73.6 cm³/mol. The van der Waals surface area contributed by atoms with Crippen molar-refractivity contribution in [3.05, 3.63) is 22.4 Å². The molecule has 2 nitrogen and oxygen atoms in total. The van der Waals surface area contributed by atoms with E-state index in [1.165, 1.54) is 43.5 Å². The first kappa shape index (κ1) is 13.1. The molecule has 0 radical (unpaired) electrons. The molecule has 96 valence electrons. The minimum absolute atomic E-state index is 0.259. The Labute approximate surface area is 108 Å². The quantitative estimate of drug-likeness (QED) is 0.780. The Balaban J connectivity index is 1.56. The van der Waals surface area contributed by atoms with Gasteiger partial charge in [-0.25, -0.2) is 0 Å². The summed E-state index contributed by atoms with van der Waals surface area (Å²) < 4.78 is 5.86. The van der Waals surface area contributed by atoms with Gasteiger partial charge in [-0.1, -0.05) is 12.5 Å². The number of piperidine rings is 1. The summed E-state index contributed by atoms with van der Waals surface area (Å²) in [5.41, 5.74) is 0. The highest BCUT2D eigenvalue weighted by Gasteiger charge is 2.12. The summed E-state index contributed by atoms with van der Waals surface area (Å²) in [6, 6.07) is 4.98. The molecule has 1 aliphatic rings. The maximum absolute atomic E-state index is 5.86. The zero-order valence-corrected chi connectivity index (χ0v) is 11.5. The molecule has 17 heavy (non-hydrogen) atoms. The molecular weight excluding hydrogens is 230 g/mol. The third kappa shape index (κ3) is 4.41. The first-order valence-electron chi connectivity index (χ1n) is 6.74. The van der Waals surface area contributed by atoms with E-state index < -0.39 is 0 Å². The van der Waals surface area contributed by atoms with Crippen LogP contribution in [0.1, 0.15) is 50.0 Å². The fourth-order valence-corrected chi connectivity index (χ4v) is 3.10. The highest BCUT2D eigenvalue weighted by Crippen LogP contribution is 2.22. The summed E-state index contributed by atoms with van der Waals surface area (Å²) in [7, 11) is 0. The molecule has 1 aromatic rings. The molecule has 1 aliphatic heterocycles. The lowest BCUT2D eigenvalue weighted by Gasteiger charge is -2.23. The standard InChI is InChI=1S/C14H23NOS/c1-12(14-8-5-11-17-14)16-10-4-7-13-6-2-3-9-15-13/h5,8,11-13,15H,2-4,6-7,9-10H2,1H3/t12-,13+/m1/s1. The van der Waals surface area contributed by atoms with Crippen molar-refractivity contribution in [3.63, 3.8) is 0 Å². The Hall–Kier alpha value is -0.380. The molecule has 0 saturated carbocycles. The Morgan fingerprint density at radius 2 is 2.47 bits per heavy atom. The average Bonchev–Trinajstić information content (AvgIpc) is 2.89. The smallest absolute Gasteiger partial charge is 0.0888 e. The molecular formula is C14H23NOS. The zero-order chi connectivity index (χ0) is 11.9. The lowest BCUT2D eigenvalue weighted by atomic mass is 10.0. The van der Waals surface area contributed by atoms with Crippen molar-refractivity contribution in [3.8, 4) is 0 Å². The monoisotopic (exact) mass is 253 g/mol. The average molecular weight is 253 g/mol. The fourth-order valence-electron chi connectivity index (χ4n) is 2.36. The van der Waals surface area contributed by atoms with E-state index >= 15 is 0 Å². The van der Waals surface area contributed by atoms with E-state index in [1.54, 1.807) is 11.3 Å². The van der Waals surface area contributed by atoms with Crippen LogP contribution >= 0.6 is 11.3 Å². The van der Waals surface area contributed by atoms with Crippen molar-refractivity contribution in [2.24, 2.45) is 0 Å². The zero-order valence-electron chi connectivity index (χ0n) is 10.7. The summed E-state index contributed by atoms with van der Waals surface area (Å²) >= 11 is 1.78. The molecule has 1 N–H and O–H groups in total. The van der Waals surface area contributed by atoms with E-state index in [1.807, 2.05) is 0 Å². The van der Waals surface area contributed by atoms with Gasteiger partial charge in [0, 0.05) is 17.5 Å². The van der Waals surface area contributed by atoms with Gasteiger partial charge in [-0.3, -0.25) is 0 Å². The topological polar surface area (TPSA) is 21.3 Å². The highest BCUT2D eigenvalue weighted by molar-refractivity contribution is 7.10. The van der Waals surface area contributed by atoms with E-state index in [2.05, 4.69) is 29.8 Å². The second kappa shape index (κ2) is 7.14. The van der Waals surface area contributed by atoms with Crippen LogP contribution in [0.4, 0.5) is 0 Å². The molecule has 0 aromatic carbocycles. The molecule has 0 aliphatic carbocycles. The molecule has 0 amide bonds. The molecule has 2 atom stereocenters. The lowest BCUT2D eigenvalue weighted by molar-refractivity contribution is 0.0635. The minimum Gasteiger partial charge on any atom is -0.373 e. The molecule has 0 spiro atoms. The van der Waals surface area contributed by atoms with Gasteiger partial charge in [-0.2, -0.15) is 0 Å². The van der Waals surface area contributed by atoms with E-state index in [0.717, 1.165) is 12.6 Å². The van der Waals surface area contributed by atoms with Gasteiger partial charge < -0.3 is 10.1 Å². The summed E-state index contributed by atoms with van der Waals surface area (Å²) in [6.45, 7) is 4.24. The van der Waals surface area contributed by atoms with Crippen LogP contribution in [-0.4, -0.2) is 19.2 Å². The van der Waals surface area contributed by atoms with Crippen LogP contribution in [-0.2, 0) is 4.74 Å². The second-order valence-electron chi connectivity index (χ2n) is 4.82. The molecule has 1 fully saturated rings. The molecule has 1 aromatic heterocycles. The molecule has 2 heterocycles. The molecule has 3 heteroatoms. The third-order valence-corrected chi connectivity index (χ3v) is 4.45. The van der Waals surface area contributed by atoms with Gasteiger partial charge in [0.1, 0.15) is 0 Å². The maximum Gasteiger partial charge on any atom is 0.0888 e. The van der Waals surface area contributed by atoms with E-state index in [-0.39, 0.29) is 6.10 Å². The fraction of sp³-hybridized carbons (Fsp3) is 0.714.